The first kappa shape index (κ1) is 23.4. The van der Waals surface area contributed by atoms with Gasteiger partial charge in [-0.25, -0.2) is 12.8 Å². The topological polar surface area (TPSA) is 74.8 Å². The van der Waals surface area contributed by atoms with Crippen molar-refractivity contribution < 1.29 is 22.4 Å². The smallest absolute Gasteiger partial charge is 0.243 e. The lowest BCUT2D eigenvalue weighted by Gasteiger charge is -2.34. The molecule has 0 aliphatic carbocycles. The molecule has 0 radical (unpaired) electrons. The summed E-state index contributed by atoms with van der Waals surface area (Å²) in [5, 5.41) is 0. The lowest BCUT2D eigenvalue weighted by molar-refractivity contribution is -0.129. The van der Waals surface area contributed by atoms with Crippen molar-refractivity contribution in [2.75, 3.05) is 31.9 Å². The van der Waals surface area contributed by atoms with Crippen LogP contribution in [0.15, 0.2) is 46.2 Å². The summed E-state index contributed by atoms with van der Waals surface area (Å²) < 4.78 is 41.3. The Morgan fingerprint density at radius 2 is 1.68 bits per heavy atom. The first-order valence-electron chi connectivity index (χ1n) is 9.88. The van der Waals surface area contributed by atoms with Crippen molar-refractivity contribution in [1.29, 1.82) is 0 Å². The Morgan fingerprint density at radius 1 is 1.00 bits per heavy atom. The molecule has 9 heteroatoms. The normalized spacial score (nSPS) is 15.2. The van der Waals surface area contributed by atoms with Gasteiger partial charge in [-0.15, -0.1) is 11.8 Å². The van der Waals surface area contributed by atoms with Gasteiger partial charge in [-0.2, -0.15) is 4.31 Å². The fourth-order valence-electron chi connectivity index (χ4n) is 3.27. The number of carbonyl (C=O) groups excluding carboxylic acids is 2. The Morgan fingerprint density at radius 3 is 2.26 bits per heavy atom. The molecule has 6 nitrogen and oxygen atoms in total. The van der Waals surface area contributed by atoms with E-state index in [1.54, 1.807) is 23.1 Å². The van der Waals surface area contributed by atoms with E-state index in [0.29, 0.717) is 4.90 Å². The second-order valence-corrected chi connectivity index (χ2v) is 10.5. The molecule has 3 rings (SSSR count). The van der Waals surface area contributed by atoms with Gasteiger partial charge in [0.05, 0.1) is 10.6 Å². The molecule has 0 unspecified atom stereocenters. The second kappa shape index (κ2) is 9.50. The number of ketones is 1. The van der Waals surface area contributed by atoms with E-state index in [0.717, 1.165) is 22.9 Å². The molecule has 0 saturated carbocycles. The third-order valence-electron chi connectivity index (χ3n) is 5.40. The van der Waals surface area contributed by atoms with Crippen molar-refractivity contribution in [2.24, 2.45) is 0 Å². The number of thioether (sulfide) groups is 1. The second-order valence-electron chi connectivity index (χ2n) is 7.52. The van der Waals surface area contributed by atoms with Gasteiger partial charge in [-0.3, -0.25) is 9.59 Å². The van der Waals surface area contributed by atoms with Crippen LogP contribution in [0.5, 0.6) is 0 Å². The van der Waals surface area contributed by atoms with Crippen LogP contribution in [0.2, 0.25) is 0 Å². The zero-order valence-corrected chi connectivity index (χ0v) is 19.4. The number of benzene rings is 2. The number of amides is 1. The summed E-state index contributed by atoms with van der Waals surface area (Å²) >= 11 is 1.07. The van der Waals surface area contributed by atoms with Crippen molar-refractivity contribution in [1.82, 2.24) is 9.21 Å². The molecule has 31 heavy (non-hydrogen) atoms. The number of Topliss-reactive ketones (excluding diaryl/α,β-unsaturated/α-hetero) is 1. The van der Waals surface area contributed by atoms with E-state index in [4.69, 9.17) is 0 Å². The van der Waals surface area contributed by atoms with Crippen LogP contribution in [0.3, 0.4) is 0 Å². The monoisotopic (exact) mass is 464 g/mol. The van der Waals surface area contributed by atoms with Gasteiger partial charge in [0.2, 0.25) is 15.9 Å². The van der Waals surface area contributed by atoms with E-state index in [2.05, 4.69) is 0 Å². The predicted molar refractivity (Wildman–Crippen MR) is 118 cm³/mol. The maximum atomic E-state index is 14.1. The molecule has 1 heterocycles. The summed E-state index contributed by atoms with van der Waals surface area (Å²) in [5.41, 5.74) is 2.23. The quantitative estimate of drug-likeness (QED) is 0.485. The van der Waals surface area contributed by atoms with Crippen molar-refractivity contribution >= 4 is 33.5 Å². The summed E-state index contributed by atoms with van der Waals surface area (Å²) in [6, 6.07) is 9.28. The third-order valence-corrected chi connectivity index (χ3v) is 8.33. The highest BCUT2D eigenvalue weighted by Crippen LogP contribution is 2.24. The van der Waals surface area contributed by atoms with Crippen molar-refractivity contribution in [3.8, 4) is 0 Å². The number of halogens is 1. The molecule has 1 aliphatic heterocycles. The first-order valence-corrected chi connectivity index (χ1v) is 12.3. The highest BCUT2D eigenvalue weighted by Gasteiger charge is 2.30. The summed E-state index contributed by atoms with van der Waals surface area (Å²) in [7, 11) is -3.61. The fourth-order valence-corrected chi connectivity index (χ4v) is 5.60. The molecule has 0 atom stereocenters. The first-order chi connectivity index (χ1) is 14.6. The van der Waals surface area contributed by atoms with E-state index in [1.165, 1.54) is 29.4 Å². The summed E-state index contributed by atoms with van der Waals surface area (Å²) in [6.07, 6.45) is 0. The lowest BCUT2D eigenvalue weighted by atomic mass is 10.1. The van der Waals surface area contributed by atoms with Crippen LogP contribution in [0.25, 0.3) is 0 Å². The van der Waals surface area contributed by atoms with Gasteiger partial charge in [0.25, 0.3) is 0 Å². The number of sulfonamides is 1. The van der Waals surface area contributed by atoms with E-state index < -0.39 is 15.8 Å². The molecule has 2 aromatic carbocycles. The van der Waals surface area contributed by atoms with Crippen LogP contribution in [0.4, 0.5) is 4.39 Å². The van der Waals surface area contributed by atoms with Gasteiger partial charge in [-0.1, -0.05) is 12.1 Å². The van der Waals surface area contributed by atoms with Gasteiger partial charge in [0, 0.05) is 36.6 Å². The Bertz CT molecular complexity index is 1110. The van der Waals surface area contributed by atoms with Crippen molar-refractivity contribution in [2.45, 2.75) is 30.6 Å². The molecule has 1 aliphatic rings. The molecule has 0 aromatic heterocycles. The number of rotatable bonds is 6. The molecule has 1 fully saturated rings. The van der Waals surface area contributed by atoms with Gasteiger partial charge in [0.1, 0.15) is 5.82 Å². The number of hydrogen-bond acceptors (Lipinski definition) is 5. The number of hydrogen-bond donors (Lipinski definition) is 0. The lowest BCUT2D eigenvalue weighted by Crippen LogP contribution is -2.51. The number of piperazine rings is 1. The Labute approximate surface area is 186 Å². The van der Waals surface area contributed by atoms with Crippen LogP contribution in [0, 0.1) is 19.7 Å². The minimum atomic E-state index is -3.61. The van der Waals surface area contributed by atoms with Gasteiger partial charge in [-0.05, 0) is 56.2 Å². The van der Waals surface area contributed by atoms with E-state index >= 15 is 0 Å². The third kappa shape index (κ3) is 5.34. The van der Waals surface area contributed by atoms with E-state index in [-0.39, 0.29) is 54.1 Å². The van der Waals surface area contributed by atoms with Crippen LogP contribution < -0.4 is 0 Å². The molecule has 1 amide bonds. The number of carbonyl (C=O) groups is 2. The Balaban J connectivity index is 1.57. The number of aryl methyl sites for hydroxylation is 2. The predicted octanol–water partition coefficient (Wildman–Crippen LogP) is 3.27. The summed E-state index contributed by atoms with van der Waals surface area (Å²) in [6.45, 7) is 6.17. The average Bonchev–Trinajstić information content (AvgIpc) is 2.74. The minimum Gasteiger partial charge on any atom is -0.339 e. The SMILES string of the molecule is CC(=O)c1ccc(SCC(=O)N2CCN(S(=O)(=O)c3ccc(C)c(C)c3)CC2)c(F)c1. The molecular weight excluding hydrogens is 439 g/mol. The molecule has 2 aromatic rings. The highest BCUT2D eigenvalue weighted by molar-refractivity contribution is 8.00. The molecule has 0 bridgehead atoms. The van der Waals surface area contributed by atoms with Crippen molar-refractivity contribution in [3.05, 3.63) is 58.9 Å². The molecule has 0 N–H and O–H groups in total. The fraction of sp³-hybridized carbons (Fsp3) is 0.364. The molecule has 166 valence electrons. The standard InChI is InChI=1S/C22H25FN2O4S2/c1-15-4-6-19(12-16(15)2)31(28,29)25-10-8-24(9-11-25)22(27)14-30-21-7-5-18(17(3)26)13-20(21)23/h4-7,12-13H,8-11,14H2,1-3H3. The van der Waals surface area contributed by atoms with Gasteiger partial charge < -0.3 is 4.90 Å². The minimum absolute atomic E-state index is 0.0419. The zero-order chi connectivity index (χ0) is 22.8. The van der Waals surface area contributed by atoms with Crippen molar-refractivity contribution in [3.63, 3.8) is 0 Å². The van der Waals surface area contributed by atoms with Gasteiger partial charge in [0.15, 0.2) is 5.78 Å². The number of nitrogens with zero attached hydrogens (tertiary/aromatic N) is 2. The Hall–Kier alpha value is -2.23. The largest absolute Gasteiger partial charge is 0.339 e. The molecule has 1 saturated heterocycles. The Kier molecular flexibility index (Phi) is 7.18. The molecular formula is C22H25FN2O4S2. The van der Waals surface area contributed by atoms with E-state index in [9.17, 15) is 22.4 Å². The van der Waals surface area contributed by atoms with Crippen LogP contribution >= 0.6 is 11.8 Å². The van der Waals surface area contributed by atoms with E-state index in [1.807, 2.05) is 13.8 Å². The van der Waals surface area contributed by atoms with Crippen LogP contribution in [-0.2, 0) is 14.8 Å². The summed E-state index contributed by atoms with van der Waals surface area (Å²) in [5.74, 6) is -0.890. The van der Waals surface area contributed by atoms with Crippen LogP contribution in [0.1, 0.15) is 28.4 Å². The summed E-state index contributed by atoms with van der Waals surface area (Å²) in [4.78, 5) is 26.0. The van der Waals surface area contributed by atoms with Gasteiger partial charge >= 0.3 is 0 Å². The average molecular weight is 465 g/mol. The molecule has 0 spiro atoms. The maximum Gasteiger partial charge on any atom is 0.243 e. The van der Waals surface area contributed by atoms with Crippen LogP contribution in [-0.4, -0.2) is 61.2 Å². The highest BCUT2D eigenvalue weighted by atomic mass is 32.2. The maximum absolute atomic E-state index is 14.1. The zero-order valence-electron chi connectivity index (χ0n) is 17.7.